The summed E-state index contributed by atoms with van der Waals surface area (Å²) in [6, 6.07) is 7.98. The molecule has 5 nitrogen and oxygen atoms in total. The molecule has 142 valence electrons. The molecular formula is C19H32IN3O2. The van der Waals surface area contributed by atoms with Crippen molar-refractivity contribution in [1.29, 1.82) is 0 Å². The molecule has 1 fully saturated rings. The predicted molar refractivity (Wildman–Crippen MR) is 114 cm³/mol. The number of hydrogen-bond acceptors (Lipinski definition) is 3. The molecule has 0 amide bonds. The number of aliphatic hydroxyl groups excluding tert-OH is 1. The number of halogens is 1. The molecule has 1 saturated heterocycles. The van der Waals surface area contributed by atoms with Crippen molar-refractivity contribution in [2.75, 3.05) is 39.4 Å². The molecule has 1 aromatic carbocycles. The first kappa shape index (κ1) is 22.2. The zero-order chi connectivity index (χ0) is 17.4. The lowest BCUT2D eigenvalue weighted by atomic mass is 10.1. The maximum Gasteiger partial charge on any atom is 0.194 e. The molecule has 0 radical (unpaired) electrons. The van der Waals surface area contributed by atoms with Crippen LogP contribution in [0.15, 0.2) is 29.3 Å². The largest absolute Gasteiger partial charge is 0.386 e. The van der Waals surface area contributed by atoms with Crippen LogP contribution in [0.2, 0.25) is 0 Å². The third-order valence-corrected chi connectivity index (χ3v) is 4.35. The van der Waals surface area contributed by atoms with Crippen LogP contribution in [-0.4, -0.2) is 55.4 Å². The number of aryl methyl sites for hydroxylation is 1. The number of benzene rings is 1. The van der Waals surface area contributed by atoms with Gasteiger partial charge in [0.2, 0.25) is 0 Å². The van der Waals surface area contributed by atoms with Gasteiger partial charge in [0.15, 0.2) is 5.96 Å². The third kappa shape index (κ3) is 7.11. The third-order valence-electron chi connectivity index (χ3n) is 4.35. The van der Waals surface area contributed by atoms with Crippen LogP contribution in [0.4, 0.5) is 0 Å². The van der Waals surface area contributed by atoms with Crippen LogP contribution in [0.3, 0.4) is 0 Å². The lowest BCUT2D eigenvalue weighted by Crippen LogP contribution is -2.40. The number of ether oxygens (including phenoxy) is 1. The Labute approximate surface area is 168 Å². The first-order valence-electron chi connectivity index (χ1n) is 8.99. The number of aliphatic imine (C=N–C) groups is 1. The Kier molecular flexibility index (Phi) is 10.4. The number of nitrogens with one attached hydrogen (secondary N) is 1. The minimum atomic E-state index is -0.568. The number of rotatable bonds is 7. The first-order valence-corrected chi connectivity index (χ1v) is 8.99. The number of nitrogens with zero attached hydrogens (tertiary/aromatic N) is 2. The van der Waals surface area contributed by atoms with Gasteiger partial charge < -0.3 is 20.1 Å². The maximum absolute atomic E-state index is 10.4. The molecular weight excluding hydrogens is 429 g/mol. The van der Waals surface area contributed by atoms with Crippen LogP contribution < -0.4 is 5.32 Å². The second kappa shape index (κ2) is 11.7. The molecule has 2 unspecified atom stereocenters. The van der Waals surface area contributed by atoms with Gasteiger partial charge in [0.05, 0.1) is 19.3 Å². The molecule has 1 aliphatic rings. The highest BCUT2D eigenvalue weighted by atomic mass is 127. The standard InChI is InChI=1S/C19H31N3O2.HI/c1-4-20-19(22-11-10-16(13-22)14-24-5-2)21-12-18(23)17-8-6-15(3)7-9-17;/h6-9,16,18,23H,4-5,10-14H2,1-3H3,(H,20,21);1H. The Morgan fingerprint density at radius 2 is 2.08 bits per heavy atom. The Bertz CT molecular complexity index is 522. The van der Waals surface area contributed by atoms with Gasteiger partial charge in [-0.15, -0.1) is 24.0 Å². The van der Waals surface area contributed by atoms with Gasteiger partial charge in [-0.2, -0.15) is 0 Å². The molecule has 25 heavy (non-hydrogen) atoms. The van der Waals surface area contributed by atoms with Crippen LogP contribution in [0.5, 0.6) is 0 Å². The van der Waals surface area contributed by atoms with Crippen LogP contribution in [0.1, 0.15) is 37.5 Å². The molecule has 2 rings (SSSR count). The lowest BCUT2D eigenvalue weighted by Gasteiger charge is -2.22. The number of likely N-dealkylation sites (tertiary alicyclic amines) is 1. The van der Waals surface area contributed by atoms with Crippen molar-refractivity contribution in [3.8, 4) is 0 Å². The smallest absolute Gasteiger partial charge is 0.194 e. The first-order chi connectivity index (χ1) is 11.6. The van der Waals surface area contributed by atoms with Crippen LogP contribution in [0.25, 0.3) is 0 Å². The highest BCUT2D eigenvalue weighted by Gasteiger charge is 2.25. The van der Waals surface area contributed by atoms with Crippen molar-refractivity contribution < 1.29 is 9.84 Å². The quantitative estimate of drug-likeness (QED) is 0.373. The summed E-state index contributed by atoms with van der Waals surface area (Å²) in [6.45, 7) is 10.9. The average Bonchev–Trinajstić information content (AvgIpc) is 3.06. The number of guanidine groups is 1. The molecule has 0 bridgehead atoms. The van der Waals surface area contributed by atoms with Crippen molar-refractivity contribution in [1.82, 2.24) is 10.2 Å². The van der Waals surface area contributed by atoms with Gasteiger partial charge >= 0.3 is 0 Å². The molecule has 2 atom stereocenters. The lowest BCUT2D eigenvalue weighted by molar-refractivity contribution is 0.114. The highest BCUT2D eigenvalue weighted by molar-refractivity contribution is 14.0. The van der Waals surface area contributed by atoms with Gasteiger partial charge in [-0.25, -0.2) is 0 Å². The van der Waals surface area contributed by atoms with Gasteiger partial charge in [-0.05, 0) is 32.8 Å². The van der Waals surface area contributed by atoms with Gasteiger partial charge in [0, 0.05) is 32.2 Å². The molecule has 0 spiro atoms. The zero-order valence-electron chi connectivity index (χ0n) is 15.6. The average molecular weight is 461 g/mol. The van der Waals surface area contributed by atoms with Crippen molar-refractivity contribution in [2.24, 2.45) is 10.9 Å². The fourth-order valence-corrected chi connectivity index (χ4v) is 2.94. The van der Waals surface area contributed by atoms with Crippen molar-refractivity contribution >= 4 is 29.9 Å². The van der Waals surface area contributed by atoms with E-state index in [9.17, 15) is 5.11 Å². The Morgan fingerprint density at radius 3 is 2.72 bits per heavy atom. The topological polar surface area (TPSA) is 57.1 Å². The minimum absolute atomic E-state index is 0. The Hall–Kier alpha value is -0.860. The monoisotopic (exact) mass is 461 g/mol. The van der Waals surface area contributed by atoms with E-state index in [1.807, 2.05) is 38.1 Å². The van der Waals surface area contributed by atoms with E-state index in [0.717, 1.165) is 50.8 Å². The summed E-state index contributed by atoms with van der Waals surface area (Å²) < 4.78 is 5.54. The minimum Gasteiger partial charge on any atom is -0.386 e. The summed E-state index contributed by atoms with van der Waals surface area (Å²) in [5.74, 6) is 1.46. The van der Waals surface area contributed by atoms with Gasteiger partial charge in [0.25, 0.3) is 0 Å². The summed E-state index contributed by atoms with van der Waals surface area (Å²) in [6.07, 6.45) is 0.561. The van der Waals surface area contributed by atoms with Crippen molar-refractivity contribution in [3.63, 3.8) is 0 Å². The Balaban J connectivity index is 0.00000312. The van der Waals surface area contributed by atoms with Crippen LogP contribution in [0, 0.1) is 12.8 Å². The molecule has 1 aliphatic heterocycles. The molecule has 0 aliphatic carbocycles. The maximum atomic E-state index is 10.4. The van der Waals surface area contributed by atoms with E-state index >= 15 is 0 Å². The number of hydrogen-bond donors (Lipinski definition) is 2. The van der Waals surface area contributed by atoms with E-state index < -0.39 is 6.10 Å². The van der Waals surface area contributed by atoms with E-state index in [1.54, 1.807) is 0 Å². The molecule has 2 N–H and O–H groups in total. The van der Waals surface area contributed by atoms with Crippen molar-refractivity contribution in [2.45, 2.75) is 33.3 Å². The second-order valence-corrected chi connectivity index (χ2v) is 6.38. The van der Waals surface area contributed by atoms with E-state index in [2.05, 4.69) is 22.1 Å². The van der Waals surface area contributed by atoms with Crippen LogP contribution in [-0.2, 0) is 4.74 Å². The summed E-state index contributed by atoms with van der Waals surface area (Å²) >= 11 is 0. The van der Waals surface area contributed by atoms with E-state index in [1.165, 1.54) is 5.56 Å². The van der Waals surface area contributed by atoms with E-state index in [0.29, 0.717) is 12.5 Å². The fraction of sp³-hybridized carbons (Fsp3) is 0.632. The summed E-state index contributed by atoms with van der Waals surface area (Å²) in [4.78, 5) is 6.92. The van der Waals surface area contributed by atoms with Gasteiger partial charge in [-0.3, -0.25) is 4.99 Å². The molecule has 1 heterocycles. The zero-order valence-corrected chi connectivity index (χ0v) is 17.9. The summed E-state index contributed by atoms with van der Waals surface area (Å²) in [5, 5.41) is 13.7. The van der Waals surface area contributed by atoms with Crippen molar-refractivity contribution in [3.05, 3.63) is 35.4 Å². The predicted octanol–water partition coefficient (Wildman–Crippen LogP) is 2.97. The summed E-state index contributed by atoms with van der Waals surface area (Å²) in [7, 11) is 0. The summed E-state index contributed by atoms with van der Waals surface area (Å²) in [5.41, 5.74) is 2.11. The molecule has 0 saturated carbocycles. The molecule has 6 heteroatoms. The number of aliphatic hydroxyl groups is 1. The van der Waals surface area contributed by atoms with Crippen LogP contribution >= 0.6 is 24.0 Å². The second-order valence-electron chi connectivity index (χ2n) is 6.38. The Morgan fingerprint density at radius 1 is 1.36 bits per heavy atom. The normalized spacial score (nSPS) is 18.8. The fourth-order valence-electron chi connectivity index (χ4n) is 2.94. The highest BCUT2D eigenvalue weighted by Crippen LogP contribution is 2.18. The molecule has 0 aromatic heterocycles. The SMILES string of the molecule is CCNC(=NCC(O)c1ccc(C)cc1)N1CCC(COCC)C1.I. The van der Waals surface area contributed by atoms with E-state index in [4.69, 9.17) is 4.74 Å². The molecule has 1 aromatic rings. The van der Waals surface area contributed by atoms with Gasteiger partial charge in [-0.1, -0.05) is 29.8 Å². The van der Waals surface area contributed by atoms with Gasteiger partial charge in [0.1, 0.15) is 0 Å². The van der Waals surface area contributed by atoms with E-state index in [-0.39, 0.29) is 24.0 Å².